The Balaban J connectivity index is 1.69. The monoisotopic (exact) mass is 355 g/mol. The SMILES string of the molecule is CN(Cc1cccc(Cl)c1Cl)CN1C(=O)C(=O)N(C2CC2)C1=O. The van der Waals surface area contributed by atoms with E-state index < -0.39 is 17.8 Å². The molecule has 1 heterocycles. The third kappa shape index (κ3) is 3.06. The number of halogens is 2. The number of carbonyl (C=O) groups excluding carboxylic acids is 3. The van der Waals surface area contributed by atoms with E-state index in [2.05, 4.69) is 0 Å². The zero-order valence-electron chi connectivity index (χ0n) is 12.5. The van der Waals surface area contributed by atoms with Crippen molar-refractivity contribution < 1.29 is 14.4 Å². The molecule has 0 spiro atoms. The van der Waals surface area contributed by atoms with E-state index >= 15 is 0 Å². The number of carbonyl (C=O) groups is 3. The third-order valence-electron chi connectivity index (χ3n) is 3.85. The van der Waals surface area contributed by atoms with Gasteiger partial charge in [0.1, 0.15) is 0 Å². The van der Waals surface area contributed by atoms with Crippen LogP contribution in [0.3, 0.4) is 0 Å². The third-order valence-corrected chi connectivity index (χ3v) is 4.71. The van der Waals surface area contributed by atoms with Gasteiger partial charge in [-0.15, -0.1) is 0 Å². The van der Waals surface area contributed by atoms with Gasteiger partial charge < -0.3 is 0 Å². The standard InChI is InChI=1S/C15H15Cl2N3O3/c1-18(7-9-3-2-4-11(16)12(9)17)8-19-13(21)14(22)20(15(19)23)10-5-6-10/h2-4,10H,5-8H2,1H3. The zero-order valence-corrected chi connectivity index (χ0v) is 14.0. The summed E-state index contributed by atoms with van der Waals surface area (Å²) in [6.45, 7) is 0.420. The second kappa shape index (κ2) is 6.11. The summed E-state index contributed by atoms with van der Waals surface area (Å²) in [5, 5.41) is 0.886. The first kappa shape index (κ1) is 16.2. The Morgan fingerprint density at radius 3 is 2.52 bits per heavy atom. The molecule has 23 heavy (non-hydrogen) atoms. The lowest BCUT2D eigenvalue weighted by Gasteiger charge is -2.23. The first-order valence-electron chi connectivity index (χ1n) is 7.20. The molecule has 122 valence electrons. The molecule has 0 bridgehead atoms. The molecule has 2 fully saturated rings. The predicted molar refractivity (Wildman–Crippen MR) is 84.9 cm³/mol. The minimum Gasteiger partial charge on any atom is -0.284 e. The van der Waals surface area contributed by atoms with Gasteiger partial charge in [0.05, 0.1) is 16.7 Å². The molecule has 0 radical (unpaired) electrons. The molecule has 0 atom stereocenters. The van der Waals surface area contributed by atoms with Crippen molar-refractivity contribution in [1.82, 2.24) is 14.7 Å². The molecule has 1 saturated heterocycles. The van der Waals surface area contributed by atoms with Gasteiger partial charge in [-0.1, -0.05) is 35.3 Å². The lowest BCUT2D eigenvalue weighted by molar-refractivity contribution is -0.144. The minimum absolute atomic E-state index is 0.0233. The number of benzene rings is 1. The molecule has 4 amide bonds. The summed E-state index contributed by atoms with van der Waals surface area (Å²) in [6.07, 6.45) is 1.54. The average molecular weight is 356 g/mol. The number of hydrogen-bond acceptors (Lipinski definition) is 4. The van der Waals surface area contributed by atoms with Gasteiger partial charge in [0.2, 0.25) is 0 Å². The molecule has 1 aromatic carbocycles. The van der Waals surface area contributed by atoms with E-state index in [9.17, 15) is 14.4 Å². The average Bonchev–Trinajstić information content (AvgIpc) is 3.30. The number of imide groups is 2. The van der Waals surface area contributed by atoms with Gasteiger partial charge in [-0.25, -0.2) is 9.69 Å². The van der Waals surface area contributed by atoms with Crippen molar-refractivity contribution in [2.24, 2.45) is 0 Å². The second-order valence-corrected chi connectivity index (χ2v) is 6.58. The van der Waals surface area contributed by atoms with Crippen LogP contribution in [0.5, 0.6) is 0 Å². The summed E-state index contributed by atoms with van der Waals surface area (Å²) in [5.74, 6) is -1.50. The number of hydrogen-bond donors (Lipinski definition) is 0. The number of urea groups is 1. The van der Waals surface area contributed by atoms with Crippen LogP contribution in [0.2, 0.25) is 10.0 Å². The Kier molecular flexibility index (Phi) is 4.31. The Morgan fingerprint density at radius 2 is 1.87 bits per heavy atom. The van der Waals surface area contributed by atoms with Crippen molar-refractivity contribution in [3.05, 3.63) is 33.8 Å². The van der Waals surface area contributed by atoms with Crippen molar-refractivity contribution in [3.8, 4) is 0 Å². The van der Waals surface area contributed by atoms with Crippen molar-refractivity contribution >= 4 is 41.0 Å². The van der Waals surface area contributed by atoms with Gasteiger partial charge in [0, 0.05) is 12.6 Å². The Morgan fingerprint density at radius 1 is 1.17 bits per heavy atom. The van der Waals surface area contributed by atoms with Gasteiger partial charge >= 0.3 is 17.8 Å². The molecule has 0 N–H and O–H groups in total. The van der Waals surface area contributed by atoms with Gasteiger partial charge in [-0.2, -0.15) is 0 Å². The fraction of sp³-hybridized carbons (Fsp3) is 0.400. The Labute approximate surface area is 143 Å². The van der Waals surface area contributed by atoms with Crippen LogP contribution in [0.1, 0.15) is 18.4 Å². The smallest absolute Gasteiger partial charge is 0.284 e. The maximum atomic E-state index is 12.3. The number of rotatable bonds is 5. The quantitative estimate of drug-likeness (QED) is 0.600. The number of nitrogens with zero attached hydrogens (tertiary/aromatic N) is 3. The van der Waals surface area contributed by atoms with Crippen LogP contribution >= 0.6 is 23.2 Å². The van der Waals surface area contributed by atoms with Crippen LogP contribution < -0.4 is 0 Å². The molecule has 0 aromatic heterocycles. The lowest BCUT2D eigenvalue weighted by Crippen LogP contribution is -2.40. The highest BCUT2D eigenvalue weighted by atomic mass is 35.5. The van der Waals surface area contributed by atoms with Crippen molar-refractivity contribution in [2.45, 2.75) is 25.4 Å². The van der Waals surface area contributed by atoms with Crippen molar-refractivity contribution in [2.75, 3.05) is 13.7 Å². The molecule has 8 heteroatoms. The van der Waals surface area contributed by atoms with Gasteiger partial charge in [-0.05, 0) is 31.5 Å². The topological polar surface area (TPSA) is 60.9 Å². The van der Waals surface area contributed by atoms with Gasteiger partial charge in [0.25, 0.3) is 0 Å². The molecule has 6 nitrogen and oxygen atoms in total. The van der Waals surface area contributed by atoms with E-state index in [4.69, 9.17) is 23.2 Å². The van der Waals surface area contributed by atoms with Crippen LogP contribution in [-0.2, 0) is 16.1 Å². The van der Waals surface area contributed by atoms with Crippen molar-refractivity contribution in [3.63, 3.8) is 0 Å². The largest absolute Gasteiger partial charge is 0.335 e. The van der Waals surface area contributed by atoms with E-state index in [1.807, 2.05) is 6.07 Å². The molecule has 1 saturated carbocycles. The van der Waals surface area contributed by atoms with Crippen LogP contribution in [0.15, 0.2) is 18.2 Å². The molecule has 2 aliphatic rings. The fourth-order valence-electron chi connectivity index (χ4n) is 2.55. The highest BCUT2D eigenvalue weighted by Crippen LogP contribution is 2.31. The van der Waals surface area contributed by atoms with Gasteiger partial charge in [0.15, 0.2) is 0 Å². The van der Waals surface area contributed by atoms with Gasteiger partial charge in [-0.3, -0.25) is 19.4 Å². The summed E-state index contributed by atoms with van der Waals surface area (Å²) >= 11 is 12.1. The molecule has 3 rings (SSSR count). The highest BCUT2D eigenvalue weighted by molar-refractivity contribution is 6.44. The van der Waals surface area contributed by atoms with E-state index in [1.165, 1.54) is 0 Å². The number of amides is 4. The fourth-order valence-corrected chi connectivity index (χ4v) is 2.93. The normalized spacial score (nSPS) is 18.5. The first-order chi connectivity index (χ1) is 10.9. The van der Waals surface area contributed by atoms with Crippen LogP contribution in [0.4, 0.5) is 4.79 Å². The first-order valence-corrected chi connectivity index (χ1v) is 7.96. The van der Waals surface area contributed by atoms with E-state index in [-0.39, 0.29) is 12.7 Å². The summed E-state index contributed by atoms with van der Waals surface area (Å²) in [7, 11) is 1.74. The lowest BCUT2D eigenvalue weighted by atomic mass is 10.2. The van der Waals surface area contributed by atoms with Crippen LogP contribution in [-0.4, -0.2) is 52.3 Å². The Bertz CT molecular complexity index is 691. The second-order valence-electron chi connectivity index (χ2n) is 5.79. The van der Waals surface area contributed by atoms with Crippen molar-refractivity contribution in [1.29, 1.82) is 0 Å². The maximum Gasteiger partial charge on any atom is 0.335 e. The molecular weight excluding hydrogens is 341 g/mol. The predicted octanol–water partition coefficient (Wildman–Crippen LogP) is 2.34. The molecule has 0 unspecified atom stereocenters. The van der Waals surface area contributed by atoms with E-state index in [0.717, 1.165) is 28.2 Å². The van der Waals surface area contributed by atoms with Crippen LogP contribution in [0.25, 0.3) is 0 Å². The van der Waals surface area contributed by atoms with Crippen LogP contribution in [0, 0.1) is 0 Å². The highest BCUT2D eigenvalue weighted by Gasteiger charge is 2.50. The zero-order chi connectivity index (χ0) is 16.7. The summed E-state index contributed by atoms with van der Waals surface area (Å²) in [5.41, 5.74) is 0.783. The molecular formula is C15H15Cl2N3O3. The minimum atomic E-state index is -0.772. The summed E-state index contributed by atoms with van der Waals surface area (Å²) in [4.78, 5) is 39.9. The summed E-state index contributed by atoms with van der Waals surface area (Å²) < 4.78 is 0. The van der Waals surface area contributed by atoms with E-state index in [1.54, 1.807) is 24.1 Å². The van der Waals surface area contributed by atoms with E-state index in [0.29, 0.717) is 16.6 Å². The molecule has 1 aliphatic carbocycles. The Hall–Kier alpha value is -1.63. The summed E-state index contributed by atoms with van der Waals surface area (Å²) in [6, 6.07) is 4.64. The maximum absolute atomic E-state index is 12.3. The molecule has 1 aromatic rings. The molecule has 1 aliphatic heterocycles.